The second-order valence-electron chi connectivity index (χ2n) is 5.16. The van der Waals surface area contributed by atoms with E-state index in [0.717, 1.165) is 36.9 Å². The molecule has 2 rings (SSSR count). The van der Waals surface area contributed by atoms with Crippen LogP contribution in [0.2, 0.25) is 0 Å². The molecule has 3 heteroatoms. The van der Waals surface area contributed by atoms with E-state index < -0.39 is 5.60 Å². The van der Waals surface area contributed by atoms with Gasteiger partial charge in [0.05, 0.1) is 5.60 Å². The average Bonchev–Trinajstić information content (AvgIpc) is 2.67. The van der Waals surface area contributed by atoms with E-state index in [0.29, 0.717) is 0 Å². The van der Waals surface area contributed by atoms with Crippen LogP contribution in [0, 0.1) is 5.92 Å². The number of aliphatic hydroxyl groups is 1. The van der Waals surface area contributed by atoms with Gasteiger partial charge in [-0.2, -0.15) is 11.8 Å². The highest BCUT2D eigenvalue weighted by molar-refractivity contribution is 7.99. The highest BCUT2D eigenvalue weighted by Crippen LogP contribution is 2.27. The highest BCUT2D eigenvalue weighted by atomic mass is 32.2. The van der Waals surface area contributed by atoms with Crippen molar-refractivity contribution in [3.63, 3.8) is 0 Å². The van der Waals surface area contributed by atoms with Crippen molar-refractivity contribution in [2.24, 2.45) is 5.92 Å². The molecule has 15 heavy (non-hydrogen) atoms. The molecule has 0 bridgehead atoms. The molecule has 0 aromatic heterocycles. The summed E-state index contributed by atoms with van der Waals surface area (Å²) in [7, 11) is 0. The van der Waals surface area contributed by atoms with Gasteiger partial charge in [0.1, 0.15) is 0 Å². The smallest absolute Gasteiger partial charge is 0.0869 e. The van der Waals surface area contributed by atoms with Crippen molar-refractivity contribution >= 4 is 11.8 Å². The van der Waals surface area contributed by atoms with Gasteiger partial charge in [-0.3, -0.25) is 0 Å². The van der Waals surface area contributed by atoms with Crippen molar-refractivity contribution in [3.8, 4) is 0 Å². The van der Waals surface area contributed by atoms with E-state index in [2.05, 4.69) is 5.32 Å². The van der Waals surface area contributed by atoms with Crippen LogP contribution in [-0.2, 0) is 0 Å². The minimum Gasteiger partial charge on any atom is -0.388 e. The van der Waals surface area contributed by atoms with Gasteiger partial charge in [0, 0.05) is 12.3 Å². The molecule has 0 radical (unpaired) electrons. The fraction of sp³-hybridized carbons (Fsp3) is 1.00. The van der Waals surface area contributed by atoms with Crippen LogP contribution in [0.3, 0.4) is 0 Å². The second kappa shape index (κ2) is 5.55. The van der Waals surface area contributed by atoms with Gasteiger partial charge in [-0.05, 0) is 37.5 Å². The lowest BCUT2D eigenvalue weighted by molar-refractivity contribution is 0.0662. The fourth-order valence-electron chi connectivity index (χ4n) is 2.64. The molecule has 0 spiro atoms. The molecule has 2 aliphatic rings. The number of rotatable bonds is 4. The Balaban J connectivity index is 1.61. The minimum absolute atomic E-state index is 0.403. The lowest BCUT2D eigenvalue weighted by atomic mass is 9.89. The Kier molecular flexibility index (Phi) is 4.35. The average molecular weight is 229 g/mol. The Hall–Kier alpha value is 0.270. The Morgan fingerprint density at radius 3 is 2.73 bits per heavy atom. The van der Waals surface area contributed by atoms with Gasteiger partial charge >= 0.3 is 0 Å². The van der Waals surface area contributed by atoms with Crippen LogP contribution in [-0.4, -0.2) is 35.3 Å². The van der Waals surface area contributed by atoms with Crippen LogP contribution >= 0.6 is 11.8 Å². The van der Waals surface area contributed by atoms with E-state index in [1.54, 1.807) is 0 Å². The maximum atomic E-state index is 10.1. The third-order valence-electron chi connectivity index (χ3n) is 3.69. The van der Waals surface area contributed by atoms with Gasteiger partial charge in [-0.25, -0.2) is 0 Å². The molecular weight excluding hydrogens is 206 g/mol. The zero-order valence-corrected chi connectivity index (χ0v) is 10.3. The van der Waals surface area contributed by atoms with Crippen LogP contribution in [0.15, 0.2) is 0 Å². The predicted molar refractivity (Wildman–Crippen MR) is 66.3 cm³/mol. The molecule has 1 saturated carbocycles. The summed E-state index contributed by atoms with van der Waals surface area (Å²) in [5, 5.41) is 13.6. The van der Waals surface area contributed by atoms with Crippen molar-refractivity contribution in [1.29, 1.82) is 0 Å². The monoisotopic (exact) mass is 229 g/mol. The van der Waals surface area contributed by atoms with Crippen molar-refractivity contribution in [3.05, 3.63) is 0 Å². The van der Waals surface area contributed by atoms with Gasteiger partial charge in [0.15, 0.2) is 0 Å². The quantitative estimate of drug-likeness (QED) is 0.773. The van der Waals surface area contributed by atoms with Gasteiger partial charge in [-0.15, -0.1) is 0 Å². The van der Waals surface area contributed by atoms with Crippen molar-refractivity contribution in [1.82, 2.24) is 5.32 Å². The third-order valence-corrected chi connectivity index (χ3v) is 4.93. The third kappa shape index (κ3) is 3.65. The van der Waals surface area contributed by atoms with E-state index in [-0.39, 0.29) is 0 Å². The van der Waals surface area contributed by atoms with Gasteiger partial charge in [0.25, 0.3) is 0 Å². The SMILES string of the molecule is OC1(CNCC2CCCCC2)CCSC1. The van der Waals surface area contributed by atoms with Crippen LogP contribution in [0.4, 0.5) is 0 Å². The maximum absolute atomic E-state index is 10.1. The van der Waals surface area contributed by atoms with Crippen molar-refractivity contribution in [2.75, 3.05) is 24.6 Å². The van der Waals surface area contributed by atoms with Crippen LogP contribution in [0.1, 0.15) is 38.5 Å². The van der Waals surface area contributed by atoms with Gasteiger partial charge in [0.2, 0.25) is 0 Å². The van der Waals surface area contributed by atoms with Gasteiger partial charge in [-0.1, -0.05) is 19.3 Å². The summed E-state index contributed by atoms with van der Waals surface area (Å²) >= 11 is 1.88. The number of nitrogens with one attached hydrogen (secondary N) is 1. The van der Waals surface area contributed by atoms with Crippen LogP contribution in [0.5, 0.6) is 0 Å². The van der Waals surface area contributed by atoms with Crippen molar-refractivity contribution < 1.29 is 5.11 Å². The molecule has 1 aliphatic heterocycles. The number of hydrogen-bond donors (Lipinski definition) is 2. The topological polar surface area (TPSA) is 32.3 Å². The van der Waals surface area contributed by atoms with E-state index in [1.165, 1.54) is 32.1 Å². The molecule has 0 amide bonds. The molecular formula is C12H23NOS. The summed E-state index contributed by atoms with van der Waals surface area (Å²) in [6, 6.07) is 0. The maximum Gasteiger partial charge on any atom is 0.0869 e. The Morgan fingerprint density at radius 2 is 2.07 bits per heavy atom. The molecule has 1 atom stereocenters. The summed E-state index contributed by atoms with van der Waals surface area (Å²) in [5.41, 5.74) is -0.403. The van der Waals surface area contributed by atoms with Crippen molar-refractivity contribution in [2.45, 2.75) is 44.1 Å². The summed E-state index contributed by atoms with van der Waals surface area (Å²) in [5.74, 6) is 2.92. The van der Waals surface area contributed by atoms with E-state index in [9.17, 15) is 5.11 Å². The first-order valence-corrected chi connectivity index (χ1v) is 7.45. The molecule has 2 fully saturated rings. The lowest BCUT2D eigenvalue weighted by Gasteiger charge is -2.26. The lowest BCUT2D eigenvalue weighted by Crippen LogP contribution is -2.42. The Bertz CT molecular complexity index is 186. The fourth-order valence-corrected chi connectivity index (χ4v) is 3.93. The van der Waals surface area contributed by atoms with E-state index in [1.807, 2.05) is 11.8 Å². The molecule has 1 aliphatic carbocycles. The molecule has 88 valence electrons. The van der Waals surface area contributed by atoms with Crippen LogP contribution in [0.25, 0.3) is 0 Å². The summed E-state index contributed by atoms with van der Waals surface area (Å²) < 4.78 is 0. The largest absolute Gasteiger partial charge is 0.388 e. The molecule has 2 nitrogen and oxygen atoms in total. The Morgan fingerprint density at radius 1 is 1.27 bits per heavy atom. The van der Waals surface area contributed by atoms with Crippen LogP contribution < -0.4 is 5.32 Å². The Labute approximate surface area is 97.2 Å². The van der Waals surface area contributed by atoms with Gasteiger partial charge < -0.3 is 10.4 Å². The van der Waals surface area contributed by atoms with E-state index in [4.69, 9.17) is 0 Å². The number of thioether (sulfide) groups is 1. The molecule has 1 unspecified atom stereocenters. The first kappa shape index (κ1) is 11.7. The summed E-state index contributed by atoms with van der Waals surface area (Å²) in [6.07, 6.45) is 7.99. The zero-order chi connectivity index (χ0) is 10.6. The van der Waals surface area contributed by atoms with E-state index >= 15 is 0 Å². The first-order valence-electron chi connectivity index (χ1n) is 6.29. The second-order valence-corrected chi connectivity index (χ2v) is 6.27. The normalized spacial score (nSPS) is 33.4. The molecule has 1 heterocycles. The predicted octanol–water partition coefficient (Wildman–Crippen LogP) is 2.02. The number of hydrogen-bond acceptors (Lipinski definition) is 3. The highest BCUT2D eigenvalue weighted by Gasteiger charge is 2.31. The molecule has 2 N–H and O–H groups in total. The zero-order valence-electron chi connectivity index (χ0n) is 9.50. The standard InChI is InChI=1S/C12H23NOS/c14-12(6-7-15-10-12)9-13-8-11-4-2-1-3-5-11/h11,13-14H,1-10H2. The molecule has 0 aromatic rings. The first-order chi connectivity index (χ1) is 7.29. The molecule has 1 saturated heterocycles. The minimum atomic E-state index is -0.403. The summed E-state index contributed by atoms with van der Waals surface area (Å²) in [6.45, 7) is 1.92. The molecule has 0 aromatic carbocycles. The summed E-state index contributed by atoms with van der Waals surface area (Å²) in [4.78, 5) is 0.